The third-order valence-electron chi connectivity index (χ3n) is 3.12. The maximum absolute atomic E-state index is 12.2. The fourth-order valence-corrected chi connectivity index (χ4v) is 2.03. The van der Waals surface area contributed by atoms with Crippen LogP contribution in [0.2, 0.25) is 0 Å². The van der Waals surface area contributed by atoms with E-state index < -0.39 is 0 Å². The van der Waals surface area contributed by atoms with Crippen LogP contribution in [0.25, 0.3) is 0 Å². The SMILES string of the molecule is CN(C(=O)C1CCCOC1)c1ccc(N)cc1. The number of amides is 1. The van der Waals surface area contributed by atoms with Crippen LogP contribution in [0.5, 0.6) is 0 Å². The molecule has 1 heterocycles. The predicted octanol–water partition coefficient (Wildman–Crippen LogP) is 1.66. The number of rotatable bonds is 2. The molecule has 1 fully saturated rings. The van der Waals surface area contributed by atoms with E-state index in [1.54, 1.807) is 24.1 Å². The summed E-state index contributed by atoms with van der Waals surface area (Å²) in [7, 11) is 1.79. The first-order chi connectivity index (χ1) is 8.18. The highest BCUT2D eigenvalue weighted by Crippen LogP contribution is 2.21. The Morgan fingerprint density at radius 3 is 2.71 bits per heavy atom. The van der Waals surface area contributed by atoms with Crippen molar-refractivity contribution in [2.45, 2.75) is 12.8 Å². The molecule has 0 aromatic heterocycles. The van der Waals surface area contributed by atoms with Gasteiger partial charge in [-0.1, -0.05) is 0 Å². The Morgan fingerprint density at radius 2 is 2.12 bits per heavy atom. The summed E-state index contributed by atoms with van der Waals surface area (Å²) in [6.07, 6.45) is 1.88. The van der Waals surface area contributed by atoms with Crippen molar-refractivity contribution >= 4 is 17.3 Å². The average molecular weight is 234 g/mol. The maximum Gasteiger partial charge on any atom is 0.232 e. The number of nitrogen functional groups attached to an aromatic ring is 1. The van der Waals surface area contributed by atoms with Gasteiger partial charge in [0.15, 0.2) is 0 Å². The molecule has 1 amide bonds. The summed E-state index contributed by atoms with van der Waals surface area (Å²) in [5.41, 5.74) is 7.20. The van der Waals surface area contributed by atoms with Crippen molar-refractivity contribution < 1.29 is 9.53 Å². The van der Waals surface area contributed by atoms with Gasteiger partial charge in [-0.25, -0.2) is 0 Å². The number of benzene rings is 1. The molecule has 0 aliphatic carbocycles. The van der Waals surface area contributed by atoms with Crippen molar-refractivity contribution in [2.75, 3.05) is 30.9 Å². The summed E-state index contributed by atoms with van der Waals surface area (Å²) < 4.78 is 5.34. The van der Waals surface area contributed by atoms with Gasteiger partial charge in [0.25, 0.3) is 0 Å². The molecule has 0 saturated carbocycles. The van der Waals surface area contributed by atoms with Crippen LogP contribution < -0.4 is 10.6 Å². The molecule has 92 valence electrons. The van der Waals surface area contributed by atoms with Crippen LogP contribution in [0.15, 0.2) is 24.3 Å². The van der Waals surface area contributed by atoms with Gasteiger partial charge < -0.3 is 15.4 Å². The van der Waals surface area contributed by atoms with E-state index in [9.17, 15) is 4.79 Å². The van der Waals surface area contributed by atoms with E-state index in [4.69, 9.17) is 10.5 Å². The second-order valence-corrected chi connectivity index (χ2v) is 4.40. The first kappa shape index (κ1) is 11.9. The molecule has 2 rings (SSSR count). The monoisotopic (exact) mass is 234 g/mol. The third kappa shape index (κ3) is 2.77. The van der Waals surface area contributed by atoms with Crippen LogP contribution >= 0.6 is 0 Å². The Balaban J connectivity index is 2.05. The van der Waals surface area contributed by atoms with Crippen molar-refractivity contribution in [1.82, 2.24) is 0 Å². The Hall–Kier alpha value is -1.55. The molecule has 1 aliphatic rings. The van der Waals surface area contributed by atoms with Gasteiger partial charge in [0.1, 0.15) is 0 Å². The number of hydrogen-bond donors (Lipinski definition) is 1. The lowest BCUT2D eigenvalue weighted by Gasteiger charge is -2.26. The van der Waals surface area contributed by atoms with Crippen molar-refractivity contribution in [3.8, 4) is 0 Å². The van der Waals surface area contributed by atoms with Crippen molar-refractivity contribution in [3.63, 3.8) is 0 Å². The molecule has 1 aliphatic heterocycles. The van der Waals surface area contributed by atoms with Gasteiger partial charge in [-0.2, -0.15) is 0 Å². The van der Waals surface area contributed by atoms with Crippen LogP contribution in [-0.2, 0) is 9.53 Å². The van der Waals surface area contributed by atoms with E-state index in [-0.39, 0.29) is 11.8 Å². The molecule has 0 spiro atoms. The molecular weight excluding hydrogens is 216 g/mol. The molecule has 1 saturated heterocycles. The zero-order valence-corrected chi connectivity index (χ0v) is 10.1. The summed E-state index contributed by atoms with van der Waals surface area (Å²) in [5, 5.41) is 0. The number of carbonyl (C=O) groups excluding carboxylic acids is 1. The normalized spacial score (nSPS) is 19.9. The largest absolute Gasteiger partial charge is 0.399 e. The second kappa shape index (κ2) is 5.19. The van der Waals surface area contributed by atoms with Crippen LogP contribution in [0.4, 0.5) is 11.4 Å². The molecule has 1 aromatic carbocycles. The third-order valence-corrected chi connectivity index (χ3v) is 3.12. The van der Waals surface area contributed by atoms with Gasteiger partial charge in [0, 0.05) is 25.0 Å². The minimum atomic E-state index is -0.00805. The summed E-state index contributed by atoms with van der Waals surface area (Å²) in [5.74, 6) is 0.112. The van der Waals surface area contributed by atoms with Gasteiger partial charge in [0.05, 0.1) is 12.5 Å². The van der Waals surface area contributed by atoms with Crippen molar-refractivity contribution in [3.05, 3.63) is 24.3 Å². The van der Waals surface area contributed by atoms with Crippen LogP contribution in [0, 0.1) is 5.92 Å². The Labute approximate surface area is 101 Å². The van der Waals surface area contributed by atoms with Crippen LogP contribution in [0.3, 0.4) is 0 Å². The molecule has 17 heavy (non-hydrogen) atoms. The number of ether oxygens (including phenoxy) is 1. The van der Waals surface area contributed by atoms with Crippen LogP contribution in [0.1, 0.15) is 12.8 Å². The molecule has 1 aromatic rings. The maximum atomic E-state index is 12.2. The Morgan fingerprint density at radius 1 is 1.41 bits per heavy atom. The lowest BCUT2D eigenvalue weighted by Crippen LogP contribution is -2.37. The highest BCUT2D eigenvalue weighted by molar-refractivity contribution is 5.94. The van der Waals surface area contributed by atoms with Gasteiger partial charge in [0.2, 0.25) is 5.91 Å². The minimum Gasteiger partial charge on any atom is -0.399 e. The molecule has 4 nitrogen and oxygen atoms in total. The highest BCUT2D eigenvalue weighted by Gasteiger charge is 2.25. The highest BCUT2D eigenvalue weighted by atomic mass is 16.5. The molecule has 2 N–H and O–H groups in total. The molecule has 0 bridgehead atoms. The Bertz CT molecular complexity index is 383. The molecule has 4 heteroatoms. The zero-order valence-electron chi connectivity index (χ0n) is 10.1. The summed E-state index contributed by atoms with van der Waals surface area (Å²) in [6.45, 7) is 1.31. The average Bonchev–Trinajstić information content (AvgIpc) is 2.39. The van der Waals surface area contributed by atoms with Gasteiger partial charge >= 0.3 is 0 Å². The number of carbonyl (C=O) groups is 1. The van der Waals surface area contributed by atoms with E-state index in [1.807, 2.05) is 12.1 Å². The van der Waals surface area contributed by atoms with Gasteiger partial charge in [-0.05, 0) is 37.1 Å². The zero-order chi connectivity index (χ0) is 12.3. The van der Waals surface area contributed by atoms with E-state index in [0.717, 1.165) is 25.1 Å². The van der Waals surface area contributed by atoms with Crippen molar-refractivity contribution in [1.29, 1.82) is 0 Å². The molecule has 1 atom stereocenters. The van der Waals surface area contributed by atoms with E-state index in [2.05, 4.69) is 0 Å². The summed E-state index contributed by atoms with van der Waals surface area (Å²) >= 11 is 0. The lowest BCUT2D eigenvalue weighted by molar-refractivity contribution is -0.125. The second-order valence-electron chi connectivity index (χ2n) is 4.40. The molecule has 1 unspecified atom stereocenters. The summed E-state index contributed by atoms with van der Waals surface area (Å²) in [6, 6.07) is 7.32. The molecule has 0 radical (unpaired) electrons. The molecular formula is C13H18N2O2. The lowest BCUT2D eigenvalue weighted by atomic mass is 10.0. The fraction of sp³-hybridized carbons (Fsp3) is 0.462. The van der Waals surface area contributed by atoms with E-state index in [0.29, 0.717) is 12.3 Å². The first-order valence-corrected chi connectivity index (χ1v) is 5.89. The Kier molecular flexibility index (Phi) is 3.64. The number of nitrogens with two attached hydrogens (primary N) is 1. The minimum absolute atomic E-state index is 0.00805. The smallest absolute Gasteiger partial charge is 0.232 e. The van der Waals surface area contributed by atoms with Crippen molar-refractivity contribution in [2.24, 2.45) is 5.92 Å². The van der Waals surface area contributed by atoms with Gasteiger partial charge in [-0.15, -0.1) is 0 Å². The summed E-state index contributed by atoms with van der Waals surface area (Å²) in [4.78, 5) is 13.9. The van der Waals surface area contributed by atoms with Gasteiger partial charge in [-0.3, -0.25) is 4.79 Å². The number of hydrogen-bond acceptors (Lipinski definition) is 3. The topological polar surface area (TPSA) is 55.6 Å². The number of nitrogens with zero attached hydrogens (tertiary/aromatic N) is 1. The standard InChI is InChI=1S/C13H18N2O2/c1-15(12-6-4-11(14)5-7-12)13(16)10-3-2-8-17-9-10/h4-7,10H,2-3,8-9,14H2,1H3. The van der Waals surface area contributed by atoms with E-state index >= 15 is 0 Å². The fourth-order valence-electron chi connectivity index (χ4n) is 2.03. The quantitative estimate of drug-likeness (QED) is 0.792. The first-order valence-electron chi connectivity index (χ1n) is 5.89. The van der Waals surface area contributed by atoms with Crippen LogP contribution in [-0.4, -0.2) is 26.2 Å². The van der Waals surface area contributed by atoms with E-state index in [1.165, 1.54) is 0 Å². The predicted molar refractivity (Wildman–Crippen MR) is 67.8 cm³/mol. The number of anilines is 2.